The Balaban J connectivity index is 1.56. The van der Waals surface area contributed by atoms with E-state index < -0.39 is 0 Å². The molecule has 0 radical (unpaired) electrons. The summed E-state index contributed by atoms with van der Waals surface area (Å²) in [7, 11) is 3.90. The maximum atomic E-state index is 12.8. The van der Waals surface area contributed by atoms with Crippen molar-refractivity contribution < 1.29 is 9.59 Å². The molecule has 1 heterocycles. The lowest BCUT2D eigenvalue weighted by Gasteiger charge is -2.19. The Morgan fingerprint density at radius 1 is 1.12 bits per heavy atom. The first-order chi connectivity index (χ1) is 16.4. The van der Waals surface area contributed by atoms with Crippen molar-refractivity contribution in [3.63, 3.8) is 0 Å². The predicted octanol–water partition coefficient (Wildman–Crippen LogP) is 3.75. The fourth-order valence-electron chi connectivity index (χ4n) is 3.59. The quantitative estimate of drug-likeness (QED) is 0.389. The summed E-state index contributed by atoms with van der Waals surface area (Å²) in [5.41, 5.74) is 3.40. The highest BCUT2D eigenvalue weighted by Crippen LogP contribution is 2.24. The van der Waals surface area contributed by atoms with E-state index in [9.17, 15) is 9.59 Å². The van der Waals surface area contributed by atoms with Crippen LogP contribution in [0.1, 0.15) is 29.5 Å². The maximum Gasteiger partial charge on any atom is 0.243 e. The van der Waals surface area contributed by atoms with Crippen LogP contribution >= 0.6 is 11.3 Å². The number of fused-ring (bicyclic) bond motifs is 1. The highest BCUT2D eigenvalue weighted by molar-refractivity contribution is 7.18. The molecule has 0 aliphatic heterocycles. The highest BCUT2D eigenvalue weighted by Gasteiger charge is 2.15. The standard InChI is InChI=1S/C27H34N4O2S/c1-4-20-12-13-23-24(18-20)34-27(30-23)15-14-26(33)29-22(17-21-9-6-5-7-10-21)19-28-25(32)11-8-16-31(2)3/h5-13,18,22H,4,14-17,19H2,1-3H3,(H,28,32)(H,29,33)/b11-8+. The molecule has 3 aromatic rings. The largest absolute Gasteiger partial charge is 0.351 e. The number of carbonyl (C=O) groups excluding carboxylic acids is 2. The second-order valence-corrected chi connectivity index (χ2v) is 9.74. The van der Waals surface area contributed by atoms with E-state index in [4.69, 9.17) is 0 Å². The second kappa shape index (κ2) is 13.0. The molecule has 0 saturated heterocycles. The van der Waals surface area contributed by atoms with Gasteiger partial charge >= 0.3 is 0 Å². The number of likely N-dealkylation sites (N-methyl/N-ethyl adjacent to an activating group) is 1. The summed E-state index contributed by atoms with van der Waals surface area (Å²) in [6, 6.07) is 16.1. The van der Waals surface area contributed by atoms with Gasteiger partial charge in [0.25, 0.3) is 0 Å². The van der Waals surface area contributed by atoms with Crippen molar-refractivity contribution in [1.29, 1.82) is 0 Å². The van der Waals surface area contributed by atoms with Crippen LogP contribution in [0.4, 0.5) is 0 Å². The van der Waals surface area contributed by atoms with Gasteiger partial charge in [0.15, 0.2) is 0 Å². The summed E-state index contributed by atoms with van der Waals surface area (Å²) in [6.07, 6.45) is 5.97. The molecule has 0 bridgehead atoms. The van der Waals surface area contributed by atoms with Crippen molar-refractivity contribution in [2.45, 2.75) is 38.6 Å². The first-order valence-corrected chi connectivity index (χ1v) is 12.5. The molecule has 1 atom stereocenters. The van der Waals surface area contributed by atoms with Gasteiger partial charge in [0, 0.05) is 32.0 Å². The third kappa shape index (κ3) is 8.39. The lowest BCUT2D eigenvalue weighted by Crippen LogP contribution is -2.44. The number of carbonyl (C=O) groups is 2. The molecular weight excluding hydrogens is 444 g/mol. The molecule has 3 rings (SSSR count). The number of hydrogen-bond donors (Lipinski definition) is 2. The van der Waals surface area contributed by atoms with E-state index in [1.807, 2.05) is 55.4 Å². The zero-order valence-corrected chi connectivity index (χ0v) is 21.0. The van der Waals surface area contributed by atoms with Crippen LogP contribution < -0.4 is 10.6 Å². The van der Waals surface area contributed by atoms with E-state index in [1.165, 1.54) is 10.3 Å². The van der Waals surface area contributed by atoms with Crippen molar-refractivity contribution in [2.75, 3.05) is 27.2 Å². The fourth-order valence-corrected chi connectivity index (χ4v) is 4.62. The molecule has 6 nitrogen and oxygen atoms in total. The summed E-state index contributed by atoms with van der Waals surface area (Å²) in [5, 5.41) is 6.99. The molecule has 34 heavy (non-hydrogen) atoms. The van der Waals surface area contributed by atoms with Crippen LogP contribution in [-0.2, 0) is 28.9 Å². The van der Waals surface area contributed by atoms with Gasteiger partial charge < -0.3 is 15.5 Å². The van der Waals surface area contributed by atoms with Crippen molar-refractivity contribution in [2.24, 2.45) is 0 Å². The van der Waals surface area contributed by atoms with Crippen LogP contribution in [0, 0.1) is 0 Å². The van der Waals surface area contributed by atoms with E-state index >= 15 is 0 Å². The Bertz CT molecular complexity index is 1110. The van der Waals surface area contributed by atoms with Crippen molar-refractivity contribution in [3.8, 4) is 0 Å². The van der Waals surface area contributed by atoms with Crippen LogP contribution in [0.15, 0.2) is 60.7 Å². The molecular formula is C27H34N4O2S. The number of nitrogens with zero attached hydrogens (tertiary/aromatic N) is 2. The summed E-state index contributed by atoms with van der Waals surface area (Å²) in [5.74, 6) is -0.193. The minimum absolute atomic E-state index is 0.0353. The Labute approximate surface area is 206 Å². The molecule has 2 aromatic carbocycles. The molecule has 0 spiro atoms. The highest BCUT2D eigenvalue weighted by atomic mass is 32.1. The number of aromatic nitrogens is 1. The molecule has 0 saturated carbocycles. The van der Waals surface area contributed by atoms with E-state index in [-0.39, 0.29) is 17.9 Å². The minimum Gasteiger partial charge on any atom is -0.351 e. The van der Waals surface area contributed by atoms with E-state index in [0.29, 0.717) is 32.4 Å². The zero-order chi connectivity index (χ0) is 24.3. The average molecular weight is 479 g/mol. The fraction of sp³-hybridized carbons (Fsp3) is 0.370. The van der Waals surface area contributed by atoms with Crippen LogP contribution in [0.3, 0.4) is 0 Å². The van der Waals surface area contributed by atoms with E-state index in [1.54, 1.807) is 17.4 Å². The van der Waals surface area contributed by atoms with Crippen LogP contribution in [0.5, 0.6) is 0 Å². The average Bonchev–Trinajstić information content (AvgIpc) is 3.24. The number of rotatable bonds is 12. The minimum atomic E-state index is -0.191. The van der Waals surface area contributed by atoms with Crippen molar-refractivity contribution >= 4 is 33.4 Å². The third-order valence-corrected chi connectivity index (χ3v) is 6.50. The topological polar surface area (TPSA) is 74.3 Å². The molecule has 2 amide bonds. The first-order valence-electron chi connectivity index (χ1n) is 11.7. The molecule has 1 unspecified atom stereocenters. The predicted molar refractivity (Wildman–Crippen MR) is 140 cm³/mol. The number of nitrogens with one attached hydrogen (secondary N) is 2. The van der Waals surface area contributed by atoms with Gasteiger partial charge in [0.2, 0.25) is 11.8 Å². The number of benzene rings is 2. The van der Waals surface area contributed by atoms with Crippen LogP contribution in [-0.4, -0.2) is 54.9 Å². The molecule has 0 aliphatic carbocycles. The summed E-state index contributed by atoms with van der Waals surface area (Å²) in [4.78, 5) is 31.6. The monoisotopic (exact) mass is 478 g/mol. The summed E-state index contributed by atoms with van der Waals surface area (Å²) in [6.45, 7) is 3.21. The maximum absolute atomic E-state index is 12.8. The van der Waals surface area contributed by atoms with Crippen molar-refractivity contribution in [3.05, 3.63) is 76.8 Å². The van der Waals surface area contributed by atoms with Gasteiger partial charge in [-0.25, -0.2) is 4.98 Å². The number of thiazole rings is 1. The summed E-state index contributed by atoms with van der Waals surface area (Å²) < 4.78 is 1.17. The van der Waals surface area contributed by atoms with Gasteiger partial charge in [-0.3, -0.25) is 9.59 Å². The number of amides is 2. The molecule has 0 aliphatic rings. The number of aryl methyl sites for hydroxylation is 2. The summed E-state index contributed by atoms with van der Waals surface area (Å²) >= 11 is 1.65. The van der Waals surface area contributed by atoms with Crippen LogP contribution in [0.25, 0.3) is 10.2 Å². The SMILES string of the molecule is CCc1ccc2nc(CCC(=O)NC(CNC(=O)/C=C/CN(C)C)Cc3ccccc3)sc2c1. The number of hydrogen-bond acceptors (Lipinski definition) is 5. The third-order valence-electron chi connectivity index (χ3n) is 5.42. The van der Waals surface area contributed by atoms with E-state index in [2.05, 4.69) is 40.7 Å². The van der Waals surface area contributed by atoms with Gasteiger partial charge in [0.05, 0.1) is 21.3 Å². The normalized spacial score (nSPS) is 12.4. The molecule has 7 heteroatoms. The first kappa shape index (κ1) is 25.6. The second-order valence-electron chi connectivity index (χ2n) is 8.63. The van der Waals surface area contributed by atoms with Gasteiger partial charge in [-0.15, -0.1) is 11.3 Å². The van der Waals surface area contributed by atoms with Crippen LogP contribution in [0.2, 0.25) is 0 Å². The van der Waals surface area contributed by atoms with Gasteiger partial charge in [-0.1, -0.05) is 49.4 Å². The molecule has 1 aromatic heterocycles. The Morgan fingerprint density at radius 3 is 2.65 bits per heavy atom. The molecule has 180 valence electrons. The van der Waals surface area contributed by atoms with Gasteiger partial charge in [-0.2, -0.15) is 0 Å². The Kier molecular flexibility index (Phi) is 9.79. The lowest BCUT2D eigenvalue weighted by atomic mass is 10.1. The van der Waals surface area contributed by atoms with Gasteiger partial charge in [0.1, 0.15) is 0 Å². The van der Waals surface area contributed by atoms with E-state index in [0.717, 1.165) is 22.5 Å². The molecule has 0 fully saturated rings. The Hall–Kier alpha value is -3.03. The zero-order valence-electron chi connectivity index (χ0n) is 20.2. The van der Waals surface area contributed by atoms with Crippen molar-refractivity contribution in [1.82, 2.24) is 20.5 Å². The smallest absolute Gasteiger partial charge is 0.243 e. The van der Waals surface area contributed by atoms with Gasteiger partial charge in [-0.05, 0) is 50.2 Å². The lowest BCUT2D eigenvalue weighted by molar-refractivity contribution is -0.122. The molecule has 2 N–H and O–H groups in total. The Morgan fingerprint density at radius 2 is 1.91 bits per heavy atom.